The third-order valence-electron chi connectivity index (χ3n) is 7.03. The normalized spacial score (nSPS) is 16.0. The van der Waals surface area contributed by atoms with Gasteiger partial charge in [-0.25, -0.2) is 14.0 Å². The molecule has 1 aromatic heterocycles. The second-order valence-corrected chi connectivity index (χ2v) is 11.7. The molecule has 1 saturated heterocycles. The topological polar surface area (TPSA) is 116 Å². The fourth-order valence-corrected chi connectivity index (χ4v) is 4.64. The van der Waals surface area contributed by atoms with Crippen LogP contribution in [0.25, 0.3) is 0 Å². The number of benzene rings is 1. The van der Waals surface area contributed by atoms with E-state index in [0.29, 0.717) is 30.2 Å². The van der Waals surface area contributed by atoms with Gasteiger partial charge in [0.25, 0.3) is 0 Å². The van der Waals surface area contributed by atoms with E-state index in [1.165, 1.54) is 13.2 Å². The van der Waals surface area contributed by atoms with Gasteiger partial charge in [0.15, 0.2) is 5.82 Å². The number of anilines is 1. The summed E-state index contributed by atoms with van der Waals surface area (Å²) in [6.45, 7) is 13.6. The molecule has 11 heteroatoms. The molecule has 0 spiro atoms. The molecular weight excluding hydrogens is 519 g/mol. The van der Waals surface area contributed by atoms with Crippen molar-refractivity contribution < 1.29 is 32.7 Å². The van der Waals surface area contributed by atoms with Crippen molar-refractivity contribution >= 4 is 18.1 Å². The van der Waals surface area contributed by atoms with Crippen LogP contribution in [0, 0.1) is 17.7 Å². The van der Waals surface area contributed by atoms with Crippen LogP contribution in [-0.2, 0) is 20.7 Å². The lowest BCUT2D eigenvalue weighted by Gasteiger charge is -2.33. The molecule has 0 radical (unpaired) electrons. The number of methoxy groups -OCH3 is 1. The molecule has 1 fully saturated rings. The molecule has 1 aliphatic heterocycles. The van der Waals surface area contributed by atoms with Crippen LogP contribution in [0.1, 0.15) is 78.1 Å². The van der Waals surface area contributed by atoms with Gasteiger partial charge in [-0.05, 0) is 63.5 Å². The Morgan fingerprint density at radius 1 is 1.20 bits per heavy atom. The first-order valence-corrected chi connectivity index (χ1v) is 13.9. The van der Waals surface area contributed by atoms with E-state index >= 15 is 0 Å². The van der Waals surface area contributed by atoms with Crippen LogP contribution >= 0.6 is 0 Å². The van der Waals surface area contributed by atoms with Gasteiger partial charge in [0, 0.05) is 31.5 Å². The Kier molecular flexibility index (Phi) is 10.8. The maximum absolute atomic E-state index is 14.9. The van der Waals surface area contributed by atoms with Gasteiger partial charge in [-0.1, -0.05) is 32.0 Å². The number of carbonyl (C=O) groups is 2. The van der Waals surface area contributed by atoms with E-state index in [-0.39, 0.29) is 17.9 Å². The summed E-state index contributed by atoms with van der Waals surface area (Å²) < 4.78 is 36.1. The number of piperidine rings is 1. The number of carbonyl (C=O) groups excluding carboxylic acids is 2. The first-order valence-electron chi connectivity index (χ1n) is 13.9. The number of amides is 1. The first kappa shape index (κ1) is 31.2. The molecule has 0 aliphatic carbocycles. The summed E-state index contributed by atoms with van der Waals surface area (Å²) in [5, 5.41) is 6.52. The van der Waals surface area contributed by atoms with Crippen molar-refractivity contribution in [2.75, 3.05) is 31.7 Å². The molecular formula is C29H43FN4O6. The van der Waals surface area contributed by atoms with Crippen LogP contribution in [0.3, 0.4) is 0 Å². The van der Waals surface area contributed by atoms with Crippen LogP contribution in [0.2, 0.25) is 0 Å². The van der Waals surface area contributed by atoms with Gasteiger partial charge in [-0.3, -0.25) is 0 Å². The van der Waals surface area contributed by atoms with Gasteiger partial charge < -0.3 is 29.0 Å². The lowest BCUT2D eigenvalue weighted by Crippen LogP contribution is -2.45. The van der Waals surface area contributed by atoms with E-state index in [0.717, 1.165) is 38.2 Å². The lowest BCUT2D eigenvalue weighted by molar-refractivity contribution is -0.143. The van der Waals surface area contributed by atoms with E-state index in [2.05, 4.69) is 27.3 Å². The fraction of sp³-hybridized carbons (Fsp3) is 0.655. The Labute approximate surface area is 235 Å². The van der Waals surface area contributed by atoms with Crippen molar-refractivity contribution in [2.24, 2.45) is 11.8 Å². The molecule has 2 aromatic rings. The molecule has 0 bridgehead atoms. The lowest BCUT2D eigenvalue weighted by atomic mass is 9.84. The molecule has 0 saturated carbocycles. The van der Waals surface area contributed by atoms with Crippen LogP contribution in [0.15, 0.2) is 22.7 Å². The van der Waals surface area contributed by atoms with Crippen molar-refractivity contribution in [3.63, 3.8) is 0 Å². The third kappa shape index (κ3) is 9.09. The van der Waals surface area contributed by atoms with E-state index < -0.39 is 29.5 Å². The highest BCUT2D eigenvalue weighted by atomic mass is 19.1. The van der Waals surface area contributed by atoms with Crippen molar-refractivity contribution in [3.05, 3.63) is 35.4 Å². The van der Waals surface area contributed by atoms with Crippen molar-refractivity contribution in [3.8, 4) is 5.75 Å². The number of ether oxygens (including phenoxy) is 3. The number of alkyl carbamates (subject to hydrolysis) is 1. The Morgan fingerprint density at radius 2 is 1.90 bits per heavy atom. The first-order chi connectivity index (χ1) is 18.9. The summed E-state index contributed by atoms with van der Waals surface area (Å²) in [4.78, 5) is 31.0. The second-order valence-electron chi connectivity index (χ2n) is 11.7. The van der Waals surface area contributed by atoms with Crippen LogP contribution in [-0.4, -0.2) is 60.7 Å². The number of esters is 1. The minimum atomic E-state index is -1.09. The standard InChI is InChI=1S/C29H43FN4O6/c1-18(2)25-32-27(40-33-25)34-13-10-20(11-14-34)19(3)12-15-38-22-9-8-21(23(30)17-22)16-24(26(35)37-7)31-28(36)39-29(4,5)6/h8-9,17-20,24H,10-16H2,1-7H3,(H,31,36)/t19-,24?/m1/s1. The Morgan fingerprint density at radius 3 is 2.48 bits per heavy atom. The zero-order chi connectivity index (χ0) is 29.4. The average Bonchev–Trinajstić information content (AvgIpc) is 3.39. The number of rotatable bonds is 11. The van der Waals surface area contributed by atoms with Gasteiger partial charge in [0.2, 0.25) is 0 Å². The Hall–Kier alpha value is -3.37. The summed E-state index contributed by atoms with van der Waals surface area (Å²) in [7, 11) is 1.21. The second kappa shape index (κ2) is 13.8. The molecule has 3 rings (SSSR count). The largest absolute Gasteiger partial charge is 0.493 e. The number of nitrogens with zero attached hydrogens (tertiary/aromatic N) is 3. The van der Waals surface area contributed by atoms with Crippen LogP contribution in [0.5, 0.6) is 5.75 Å². The number of hydrogen-bond acceptors (Lipinski definition) is 9. The molecule has 1 amide bonds. The Balaban J connectivity index is 1.46. The maximum Gasteiger partial charge on any atom is 0.408 e. The van der Waals surface area contributed by atoms with Crippen molar-refractivity contribution in [2.45, 2.75) is 84.8 Å². The fourth-order valence-electron chi connectivity index (χ4n) is 4.64. The highest BCUT2D eigenvalue weighted by Crippen LogP contribution is 2.30. The summed E-state index contributed by atoms with van der Waals surface area (Å²) in [6.07, 6.45) is 2.04. The quantitative estimate of drug-likeness (QED) is 0.366. The minimum Gasteiger partial charge on any atom is -0.493 e. The molecule has 1 N–H and O–H groups in total. The Bertz CT molecular complexity index is 1120. The highest BCUT2D eigenvalue weighted by Gasteiger charge is 2.28. The summed E-state index contributed by atoms with van der Waals surface area (Å²) in [6, 6.07) is 4.03. The van der Waals surface area contributed by atoms with Crippen molar-refractivity contribution in [1.82, 2.24) is 15.5 Å². The smallest absolute Gasteiger partial charge is 0.408 e. The number of nitrogens with one attached hydrogen (secondary N) is 1. The van der Waals surface area contributed by atoms with Crippen LogP contribution in [0.4, 0.5) is 15.2 Å². The SMILES string of the molecule is COC(=O)C(Cc1ccc(OCC[C@@H](C)C2CCN(c3nc(C(C)C)no3)CC2)cc1F)NC(=O)OC(C)(C)C. The number of hydrogen-bond donors (Lipinski definition) is 1. The molecule has 2 atom stereocenters. The summed E-state index contributed by atoms with van der Waals surface area (Å²) in [5.41, 5.74) is -0.489. The summed E-state index contributed by atoms with van der Waals surface area (Å²) >= 11 is 0. The molecule has 2 heterocycles. The predicted molar refractivity (Wildman–Crippen MR) is 148 cm³/mol. The average molecular weight is 563 g/mol. The van der Waals surface area contributed by atoms with Crippen molar-refractivity contribution in [1.29, 1.82) is 0 Å². The molecule has 1 unspecified atom stereocenters. The van der Waals surface area contributed by atoms with Gasteiger partial charge in [-0.2, -0.15) is 4.98 Å². The number of aromatic nitrogens is 2. The summed E-state index contributed by atoms with van der Waals surface area (Å²) in [5.74, 6) is 1.15. The monoisotopic (exact) mass is 562 g/mol. The molecule has 222 valence electrons. The minimum absolute atomic E-state index is 0.0872. The molecule has 1 aliphatic rings. The van der Waals surface area contributed by atoms with E-state index in [9.17, 15) is 14.0 Å². The maximum atomic E-state index is 14.9. The molecule has 40 heavy (non-hydrogen) atoms. The number of halogens is 1. The van der Waals surface area contributed by atoms with Gasteiger partial charge in [0.1, 0.15) is 23.2 Å². The molecule has 10 nitrogen and oxygen atoms in total. The van der Waals surface area contributed by atoms with Crippen LogP contribution < -0.4 is 15.0 Å². The van der Waals surface area contributed by atoms with Gasteiger partial charge >= 0.3 is 18.1 Å². The van der Waals surface area contributed by atoms with E-state index in [4.69, 9.17) is 18.7 Å². The van der Waals surface area contributed by atoms with E-state index in [1.54, 1.807) is 32.9 Å². The van der Waals surface area contributed by atoms with Gasteiger partial charge in [-0.15, -0.1) is 0 Å². The zero-order valence-electron chi connectivity index (χ0n) is 24.7. The van der Waals surface area contributed by atoms with E-state index in [1.807, 2.05) is 13.8 Å². The zero-order valence-corrected chi connectivity index (χ0v) is 24.7. The predicted octanol–water partition coefficient (Wildman–Crippen LogP) is 5.26. The highest BCUT2D eigenvalue weighted by molar-refractivity contribution is 5.81. The third-order valence-corrected chi connectivity index (χ3v) is 7.03. The molecule has 1 aromatic carbocycles. The van der Waals surface area contributed by atoms with Gasteiger partial charge in [0.05, 0.1) is 13.7 Å².